The van der Waals surface area contributed by atoms with Crippen molar-refractivity contribution in [2.24, 2.45) is 0 Å². The third kappa shape index (κ3) is 5.00. The molecule has 150 valence electrons. The maximum Gasteiger partial charge on any atom is 0.237 e. The second-order valence-electron chi connectivity index (χ2n) is 7.48. The topological polar surface area (TPSA) is 78.9 Å². The Labute approximate surface area is 171 Å². The largest absolute Gasteiger partial charge is 0.366 e. The zero-order valence-electron chi connectivity index (χ0n) is 16.6. The fraction of sp³-hybridized carbons (Fsp3) is 0.476. The van der Waals surface area contributed by atoms with Crippen LogP contribution in [0.1, 0.15) is 43.0 Å². The van der Waals surface area contributed by atoms with Crippen LogP contribution in [-0.4, -0.2) is 41.6 Å². The first-order chi connectivity index (χ1) is 13.5. The van der Waals surface area contributed by atoms with Gasteiger partial charge in [0.15, 0.2) is 0 Å². The molecule has 0 saturated carbocycles. The van der Waals surface area contributed by atoms with Gasteiger partial charge in [0.05, 0.1) is 6.04 Å². The zero-order chi connectivity index (χ0) is 20.1. The molecule has 1 amide bonds. The number of aryl methyl sites for hydroxylation is 1. The van der Waals surface area contributed by atoms with E-state index in [2.05, 4.69) is 32.8 Å². The van der Waals surface area contributed by atoms with Crippen LogP contribution in [0.15, 0.2) is 30.6 Å². The molecule has 0 bridgehead atoms. The fourth-order valence-electron chi connectivity index (χ4n) is 3.61. The number of aromatic nitrogens is 2. The van der Waals surface area contributed by atoms with Gasteiger partial charge in [-0.15, -0.1) is 0 Å². The average Bonchev–Trinajstić information content (AvgIpc) is 3.07. The summed E-state index contributed by atoms with van der Waals surface area (Å²) in [4.78, 5) is 21.4. The second kappa shape index (κ2) is 9.34. The molecule has 2 aromatic rings. The number of likely N-dealkylation sites (N-methyl/N-ethyl adjacent to an activating group) is 1. The van der Waals surface area contributed by atoms with E-state index in [9.17, 15) is 4.79 Å². The second-order valence-corrected chi connectivity index (χ2v) is 7.92. The Morgan fingerprint density at radius 2 is 2.04 bits per heavy atom. The lowest BCUT2D eigenvalue weighted by Gasteiger charge is -2.21. The van der Waals surface area contributed by atoms with Gasteiger partial charge in [0.25, 0.3) is 0 Å². The van der Waals surface area contributed by atoms with Crippen LogP contribution in [0, 0.1) is 0 Å². The third-order valence-corrected chi connectivity index (χ3v) is 5.51. The predicted molar refractivity (Wildman–Crippen MR) is 113 cm³/mol. The van der Waals surface area contributed by atoms with Crippen LogP contribution in [0.4, 0.5) is 5.82 Å². The first-order valence-electron chi connectivity index (χ1n) is 9.77. The van der Waals surface area contributed by atoms with Crippen molar-refractivity contribution in [2.45, 2.75) is 51.1 Å². The molecule has 3 rings (SSSR count). The maximum absolute atomic E-state index is 12.6. The minimum atomic E-state index is -0.295. The highest BCUT2D eigenvalue weighted by molar-refractivity contribution is 6.30. The molecular weight excluding hydrogens is 374 g/mol. The summed E-state index contributed by atoms with van der Waals surface area (Å²) >= 11 is 5.93. The van der Waals surface area contributed by atoms with Crippen LogP contribution in [0.2, 0.25) is 5.02 Å². The van der Waals surface area contributed by atoms with E-state index in [4.69, 9.17) is 11.6 Å². The Hall–Kier alpha value is -2.18. The van der Waals surface area contributed by atoms with Crippen molar-refractivity contribution in [3.05, 3.63) is 52.4 Å². The normalized spacial score (nSPS) is 17.6. The standard InChI is InChI=1S/C21H28ClN5O/c1-13-4-9-17-19(13)20(26-12-25-17)27-14(2)11-24-21(28)18(23-3)10-15-5-7-16(22)8-6-15/h5-8,12-14,18,23H,4,9-11H2,1-3H3,(H,24,28)(H,25,26,27)/t13?,14-,18?/m0/s1. The molecule has 1 aliphatic rings. The molecule has 0 spiro atoms. The van der Waals surface area contributed by atoms with Crippen molar-refractivity contribution in [1.29, 1.82) is 0 Å². The average molecular weight is 402 g/mol. The van der Waals surface area contributed by atoms with Gasteiger partial charge in [-0.1, -0.05) is 30.7 Å². The number of nitrogens with zero attached hydrogens (tertiary/aromatic N) is 2. The Morgan fingerprint density at radius 3 is 2.75 bits per heavy atom. The van der Waals surface area contributed by atoms with Crippen LogP contribution < -0.4 is 16.0 Å². The van der Waals surface area contributed by atoms with E-state index in [1.807, 2.05) is 31.2 Å². The molecule has 0 aliphatic heterocycles. The highest BCUT2D eigenvalue weighted by Gasteiger charge is 2.25. The SMILES string of the molecule is CNC(Cc1ccc(Cl)cc1)C(=O)NC[C@H](C)Nc1ncnc2c1C(C)CC2. The van der Waals surface area contributed by atoms with Crippen LogP contribution >= 0.6 is 11.6 Å². The molecule has 1 heterocycles. The summed E-state index contributed by atoms with van der Waals surface area (Å²) in [5.41, 5.74) is 3.42. The Kier molecular flexibility index (Phi) is 6.86. The highest BCUT2D eigenvalue weighted by atomic mass is 35.5. The molecule has 1 aromatic heterocycles. The van der Waals surface area contributed by atoms with Gasteiger partial charge in [-0.3, -0.25) is 4.79 Å². The number of hydrogen-bond acceptors (Lipinski definition) is 5. The van der Waals surface area contributed by atoms with Crippen LogP contribution in [0.3, 0.4) is 0 Å². The lowest BCUT2D eigenvalue weighted by Crippen LogP contribution is -2.46. The van der Waals surface area contributed by atoms with Crippen LogP contribution in [-0.2, 0) is 17.6 Å². The number of hydrogen-bond donors (Lipinski definition) is 3. The quantitative estimate of drug-likeness (QED) is 0.633. The van der Waals surface area contributed by atoms with Crippen molar-refractivity contribution in [3.8, 4) is 0 Å². The first kappa shape index (κ1) is 20.6. The number of benzene rings is 1. The van der Waals surface area contributed by atoms with E-state index in [0.717, 1.165) is 29.9 Å². The number of carbonyl (C=O) groups excluding carboxylic acids is 1. The summed E-state index contributed by atoms with van der Waals surface area (Å²) in [6, 6.07) is 7.34. The lowest BCUT2D eigenvalue weighted by molar-refractivity contribution is -0.123. The van der Waals surface area contributed by atoms with Crippen LogP contribution in [0.25, 0.3) is 0 Å². The maximum atomic E-state index is 12.6. The molecule has 0 saturated heterocycles. The van der Waals surface area contributed by atoms with E-state index in [1.54, 1.807) is 13.4 Å². The minimum absolute atomic E-state index is 0.0209. The van der Waals surface area contributed by atoms with Crippen molar-refractivity contribution >= 4 is 23.3 Å². The monoisotopic (exact) mass is 401 g/mol. The molecule has 3 atom stereocenters. The fourth-order valence-corrected chi connectivity index (χ4v) is 3.73. The van der Waals surface area contributed by atoms with E-state index >= 15 is 0 Å². The van der Waals surface area contributed by atoms with Gasteiger partial charge in [0, 0.05) is 28.9 Å². The van der Waals surface area contributed by atoms with Gasteiger partial charge in [-0.25, -0.2) is 9.97 Å². The van der Waals surface area contributed by atoms with Gasteiger partial charge in [0.2, 0.25) is 5.91 Å². The third-order valence-electron chi connectivity index (χ3n) is 5.26. The Morgan fingerprint density at radius 1 is 1.29 bits per heavy atom. The Balaban J connectivity index is 1.53. The zero-order valence-corrected chi connectivity index (χ0v) is 17.4. The van der Waals surface area contributed by atoms with Gasteiger partial charge >= 0.3 is 0 Å². The first-order valence-corrected chi connectivity index (χ1v) is 10.2. The number of nitrogens with one attached hydrogen (secondary N) is 3. The summed E-state index contributed by atoms with van der Waals surface area (Å²) in [5, 5.41) is 10.3. The number of halogens is 1. The summed E-state index contributed by atoms with van der Waals surface area (Å²) < 4.78 is 0. The molecule has 0 fully saturated rings. The van der Waals surface area contributed by atoms with Crippen LogP contribution in [0.5, 0.6) is 0 Å². The number of carbonyl (C=O) groups is 1. The summed E-state index contributed by atoms with van der Waals surface area (Å²) in [6.07, 6.45) is 4.35. The van der Waals surface area contributed by atoms with Gasteiger partial charge in [0.1, 0.15) is 12.1 Å². The van der Waals surface area contributed by atoms with Crippen molar-refractivity contribution in [3.63, 3.8) is 0 Å². The van der Waals surface area contributed by atoms with Gasteiger partial charge < -0.3 is 16.0 Å². The number of anilines is 1. The van der Waals surface area contributed by atoms with Crippen molar-refractivity contribution in [2.75, 3.05) is 18.9 Å². The molecule has 1 aromatic carbocycles. The summed E-state index contributed by atoms with van der Waals surface area (Å²) in [7, 11) is 1.80. The molecule has 1 aliphatic carbocycles. The molecule has 28 heavy (non-hydrogen) atoms. The number of rotatable bonds is 8. The van der Waals surface area contributed by atoms with Gasteiger partial charge in [-0.2, -0.15) is 0 Å². The number of fused-ring (bicyclic) bond motifs is 1. The smallest absolute Gasteiger partial charge is 0.237 e. The molecule has 0 radical (unpaired) electrons. The van der Waals surface area contributed by atoms with E-state index in [1.165, 1.54) is 5.56 Å². The summed E-state index contributed by atoms with van der Waals surface area (Å²) in [5.74, 6) is 1.34. The highest BCUT2D eigenvalue weighted by Crippen LogP contribution is 2.35. The number of amides is 1. The van der Waals surface area contributed by atoms with E-state index < -0.39 is 0 Å². The lowest BCUT2D eigenvalue weighted by atomic mass is 10.1. The predicted octanol–water partition coefficient (Wildman–Crippen LogP) is 2.93. The molecule has 3 N–H and O–H groups in total. The van der Waals surface area contributed by atoms with E-state index in [0.29, 0.717) is 23.9 Å². The summed E-state index contributed by atoms with van der Waals surface area (Å²) in [6.45, 7) is 4.77. The van der Waals surface area contributed by atoms with Crippen molar-refractivity contribution < 1.29 is 4.79 Å². The minimum Gasteiger partial charge on any atom is -0.366 e. The molecule has 7 heteroatoms. The molecule has 6 nitrogen and oxygen atoms in total. The Bertz CT molecular complexity index is 811. The van der Waals surface area contributed by atoms with Crippen molar-refractivity contribution in [1.82, 2.24) is 20.6 Å². The molecular formula is C21H28ClN5O. The van der Waals surface area contributed by atoms with E-state index in [-0.39, 0.29) is 18.0 Å². The molecule has 2 unspecified atom stereocenters. The van der Waals surface area contributed by atoms with Gasteiger partial charge in [-0.05, 0) is 56.8 Å².